The number of benzene rings is 1. The number of nitrogens with zero attached hydrogens (tertiary/aromatic N) is 3. The van der Waals surface area contributed by atoms with Gasteiger partial charge in [0, 0.05) is 18.9 Å². The van der Waals surface area contributed by atoms with Crippen LogP contribution in [0.2, 0.25) is 0 Å². The van der Waals surface area contributed by atoms with Crippen LogP contribution in [0.5, 0.6) is 11.5 Å². The van der Waals surface area contributed by atoms with Gasteiger partial charge in [-0.3, -0.25) is 9.78 Å². The summed E-state index contributed by atoms with van der Waals surface area (Å²) in [6.45, 7) is 3.55. The van der Waals surface area contributed by atoms with Gasteiger partial charge in [0.2, 0.25) is 0 Å². The first-order valence-corrected chi connectivity index (χ1v) is 7.71. The van der Waals surface area contributed by atoms with Crippen LogP contribution < -0.4 is 9.47 Å². The first-order valence-electron chi connectivity index (χ1n) is 7.71. The van der Waals surface area contributed by atoms with Crippen LogP contribution in [-0.4, -0.2) is 46.6 Å². The Labute approximate surface area is 135 Å². The van der Waals surface area contributed by atoms with Gasteiger partial charge in [-0.25, -0.2) is 4.98 Å². The number of rotatable bonds is 5. The van der Waals surface area contributed by atoms with Crippen LogP contribution in [0.25, 0.3) is 0 Å². The highest BCUT2D eigenvalue weighted by Gasteiger charge is 2.26. The maximum atomic E-state index is 12.6. The van der Waals surface area contributed by atoms with Gasteiger partial charge < -0.3 is 14.4 Å². The summed E-state index contributed by atoms with van der Waals surface area (Å²) < 4.78 is 11.6. The van der Waals surface area contributed by atoms with E-state index in [1.54, 1.807) is 11.1 Å². The molecular weight excluding hydrogens is 294 g/mol. The lowest BCUT2D eigenvalue weighted by Crippen LogP contribution is -2.44. The Morgan fingerprint density at radius 2 is 2.13 bits per heavy atom. The number of carbonyl (C=O) groups is 1. The zero-order valence-electron chi connectivity index (χ0n) is 13.0. The van der Waals surface area contributed by atoms with E-state index in [9.17, 15) is 4.79 Å². The second-order valence-corrected chi connectivity index (χ2v) is 5.34. The SMILES string of the molecule is CCCN(C[C@@H]1COc2ccccc2O1)C(=O)c1cnccn1. The predicted octanol–water partition coefficient (Wildman–Crippen LogP) is 2.17. The van der Waals surface area contributed by atoms with Crippen molar-refractivity contribution in [2.45, 2.75) is 19.4 Å². The molecule has 0 fully saturated rings. The summed E-state index contributed by atoms with van der Waals surface area (Å²) in [7, 11) is 0. The number of hydrogen-bond acceptors (Lipinski definition) is 5. The standard InChI is InChI=1S/C17H19N3O3/c1-2-9-20(17(21)14-10-18-7-8-19-14)11-13-12-22-15-5-3-4-6-16(15)23-13/h3-8,10,13H,2,9,11-12H2,1H3/t13-/m1/s1. The van der Waals surface area contributed by atoms with Gasteiger partial charge in [0.1, 0.15) is 12.3 Å². The van der Waals surface area contributed by atoms with Crippen molar-refractivity contribution < 1.29 is 14.3 Å². The quantitative estimate of drug-likeness (QED) is 0.846. The van der Waals surface area contributed by atoms with E-state index in [-0.39, 0.29) is 12.0 Å². The molecule has 1 aliphatic rings. The third kappa shape index (κ3) is 3.59. The van der Waals surface area contributed by atoms with Gasteiger partial charge in [-0.2, -0.15) is 0 Å². The fourth-order valence-electron chi connectivity index (χ4n) is 2.52. The van der Waals surface area contributed by atoms with Gasteiger partial charge in [0.05, 0.1) is 12.7 Å². The summed E-state index contributed by atoms with van der Waals surface area (Å²) >= 11 is 0. The van der Waals surface area contributed by atoms with Crippen LogP contribution in [0.4, 0.5) is 0 Å². The molecule has 1 aromatic heterocycles. The van der Waals surface area contributed by atoms with Gasteiger partial charge in [-0.15, -0.1) is 0 Å². The first kappa shape index (κ1) is 15.3. The Morgan fingerprint density at radius 1 is 1.30 bits per heavy atom. The van der Waals surface area contributed by atoms with Crippen molar-refractivity contribution >= 4 is 5.91 Å². The highest BCUT2D eigenvalue weighted by molar-refractivity contribution is 5.92. The van der Waals surface area contributed by atoms with Crippen LogP contribution in [0.15, 0.2) is 42.9 Å². The summed E-state index contributed by atoms with van der Waals surface area (Å²) in [6.07, 6.45) is 5.22. The van der Waals surface area contributed by atoms with Crippen molar-refractivity contribution in [2.75, 3.05) is 19.7 Å². The van der Waals surface area contributed by atoms with Crippen LogP contribution in [0.3, 0.4) is 0 Å². The van der Waals surface area contributed by atoms with E-state index in [1.165, 1.54) is 12.4 Å². The van der Waals surface area contributed by atoms with Crippen LogP contribution >= 0.6 is 0 Å². The second kappa shape index (κ2) is 7.09. The molecule has 1 aliphatic heterocycles. The van der Waals surface area contributed by atoms with E-state index in [4.69, 9.17) is 9.47 Å². The molecule has 2 aromatic rings. The molecule has 6 nitrogen and oxygen atoms in total. The predicted molar refractivity (Wildman–Crippen MR) is 84.6 cm³/mol. The number of amides is 1. The Hall–Kier alpha value is -2.63. The lowest BCUT2D eigenvalue weighted by molar-refractivity contribution is 0.0458. The third-order valence-electron chi connectivity index (χ3n) is 3.55. The van der Waals surface area contributed by atoms with Crippen molar-refractivity contribution in [1.29, 1.82) is 0 Å². The normalized spacial score (nSPS) is 16.0. The number of aromatic nitrogens is 2. The summed E-state index contributed by atoms with van der Waals surface area (Å²) in [6, 6.07) is 7.55. The zero-order valence-corrected chi connectivity index (χ0v) is 13.0. The number of ether oxygens (including phenoxy) is 2. The molecule has 0 bridgehead atoms. The molecule has 0 radical (unpaired) electrons. The molecular formula is C17H19N3O3. The Kier molecular flexibility index (Phi) is 4.71. The van der Waals surface area contributed by atoms with Crippen molar-refractivity contribution in [2.24, 2.45) is 0 Å². The number of hydrogen-bond donors (Lipinski definition) is 0. The van der Waals surface area contributed by atoms with Gasteiger partial charge in [-0.1, -0.05) is 19.1 Å². The minimum atomic E-state index is -0.197. The molecule has 0 spiro atoms. The van der Waals surface area contributed by atoms with Crippen LogP contribution in [-0.2, 0) is 0 Å². The maximum Gasteiger partial charge on any atom is 0.274 e. The van der Waals surface area contributed by atoms with Gasteiger partial charge in [0.25, 0.3) is 5.91 Å². The van der Waals surface area contributed by atoms with Crippen molar-refractivity contribution in [1.82, 2.24) is 14.9 Å². The Morgan fingerprint density at radius 3 is 2.87 bits per heavy atom. The zero-order chi connectivity index (χ0) is 16.1. The molecule has 23 heavy (non-hydrogen) atoms. The first-order chi connectivity index (χ1) is 11.3. The van der Waals surface area contributed by atoms with Crippen LogP contribution in [0.1, 0.15) is 23.8 Å². The minimum absolute atomic E-state index is 0.137. The van der Waals surface area contributed by atoms with E-state index < -0.39 is 0 Å². The fraction of sp³-hybridized carbons (Fsp3) is 0.353. The molecule has 0 saturated heterocycles. The maximum absolute atomic E-state index is 12.6. The van der Waals surface area contributed by atoms with E-state index in [0.29, 0.717) is 31.1 Å². The molecule has 1 aromatic carbocycles. The Bertz CT molecular complexity index is 663. The third-order valence-corrected chi connectivity index (χ3v) is 3.55. The van der Waals surface area contributed by atoms with Crippen LogP contribution in [0, 0.1) is 0 Å². The van der Waals surface area contributed by atoms with Crippen molar-refractivity contribution in [3.8, 4) is 11.5 Å². The fourth-order valence-corrected chi connectivity index (χ4v) is 2.52. The number of fused-ring (bicyclic) bond motifs is 1. The van der Waals surface area contributed by atoms with Crippen molar-refractivity contribution in [3.05, 3.63) is 48.5 Å². The molecule has 0 saturated carbocycles. The number of para-hydroxylation sites is 2. The summed E-state index contributed by atoms with van der Waals surface area (Å²) in [4.78, 5) is 22.4. The molecule has 3 rings (SSSR count). The topological polar surface area (TPSA) is 64.6 Å². The molecule has 1 amide bonds. The molecule has 0 aliphatic carbocycles. The van der Waals surface area contributed by atoms with Gasteiger partial charge in [0.15, 0.2) is 17.6 Å². The number of carbonyl (C=O) groups excluding carboxylic acids is 1. The Balaban J connectivity index is 1.70. The highest BCUT2D eigenvalue weighted by atomic mass is 16.6. The van der Waals surface area contributed by atoms with Gasteiger partial charge in [-0.05, 0) is 18.6 Å². The smallest absolute Gasteiger partial charge is 0.274 e. The second-order valence-electron chi connectivity index (χ2n) is 5.34. The average molecular weight is 313 g/mol. The molecule has 0 unspecified atom stereocenters. The average Bonchev–Trinajstić information content (AvgIpc) is 2.61. The largest absolute Gasteiger partial charge is 0.486 e. The summed E-state index contributed by atoms with van der Waals surface area (Å²) in [5.41, 5.74) is 0.345. The van der Waals surface area contributed by atoms with E-state index >= 15 is 0 Å². The molecule has 0 N–H and O–H groups in total. The molecule has 2 heterocycles. The van der Waals surface area contributed by atoms with E-state index in [2.05, 4.69) is 9.97 Å². The van der Waals surface area contributed by atoms with Crippen molar-refractivity contribution in [3.63, 3.8) is 0 Å². The van der Waals surface area contributed by atoms with E-state index in [1.807, 2.05) is 31.2 Å². The molecule has 1 atom stereocenters. The monoisotopic (exact) mass is 313 g/mol. The lowest BCUT2D eigenvalue weighted by Gasteiger charge is -2.31. The summed E-state index contributed by atoms with van der Waals surface area (Å²) in [5, 5.41) is 0. The summed E-state index contributed by atoms with van der Waals surface area (Å²) in [5.74, 6) is 1.32. The molecule has 120 valence electrons. The lowest BCUT2D eigenvalue weighted by atomic mass is 10.2. The molecule has 6 heteroatoms. The minimum Gasteiger partial charge on any atom is -0.486 e. The highest BCUT2D eigenvalue weighted by Crippen LogP contribution is 2.31. The van der Waals surface area contributed by atoms with E-state index in [0.717, 1.165) is 12.2 Å². The van der Waals surface area contributed by atoms with Gasteiger partial charge >= 0.3 is 0 Å².